The van der Waals surface area contributed by atoms with Crippen molar-refractivity contribution in [3.05, 3.63) is 76.7 Å². The molecule has 0 radical (unpaired) electrons. The fourth-order valence-corrected chi connectivity index (χ4v) is 6.37. The predicted molar refractivity (Wildman–Crippen MR) is 142 cm³/mol. The maximum Gasteiger partial charge on any atom is 0.416 e. The molecule has 1 aromatic heterocycles. The summed E-state index contributed by atoms with van der Waals surface area (Å²) in [4.78, 5) is 9.96. The number of sulfonamides is 1. The number of hydrogen-bond acceptors (Lipinski definition) is 6. The number of aromatic nitrogens is 2. The van der Waals surface area contributed by atoms with Crippen LogP contribution in [-0.4, -0.2) is 56.0 Å². The van der Waals surface area contributed by atoms with Crippen molar-refractivity contribution in [1.29, 1.82) is 0 Å². The SMILES string of the molecule is CN(C)[C@]1(CCc2cc(Cl)cc(C(F)(F)F)c2)CCCN(c2cc(F)c(S(=O)(=O)Nc3ccncn3)c(F)c2)C1. The summed E-state index contributed by atoms with van der Waals surface area (Å²) < 4.78 is 97.5. The highest BCUT2D eigenvalue weighted by atomic mass is 35.5. The number of nitrogens with one attached hydrogen (secondary N) is 1. The van der Waals surface area contributed by atoms with Crippen LogP contribution < -0.4 is 9.62 Å². The number of nitrogens with zero attached hydrogens (tertiary/aromatic N) is 4. The second-order valence-corrected chi connectivity index (χ2v) is 12.0. The lowest BCUT2D eigenvalue weighted by atomic mass is 9.82. The molecule has 0 aliphatic carbocycles. The monoisotopic (exact) mass is 603 g/mol. The maximum atomic E-state index is 15.1. The fourth-order valence-electron chi connectivity index (χ4n) is 4.99. The Morgan fingerprint density at radius 3 is 2.42 bits per heavy atom. The van der Waals surface area contributed by atoms with E-state index in [9.17, 15) is 21.6 Å². The van der Waals surface area contributed by atoms with Gasteiger partial charge in [-0.05, 0) is 81.7 Å². The quantitative estimate of drug-likeness (QED) is 0.330. The molecule has 0 bridgehead atoms. The van der Waals surface area contributed by atoms with Gasteiger partial charge in [-0.2, -0.15) is 13.2 Å². The van der Waals surface area contributed by atoms with Crippen molar-refractivity contribution in [3.8, 4) is 0 Å². The maximum absolute atomic E-state index is 15.1. The smallest absolute Gasteiger partial charge is 0.370 e. The molecule has 2 aromatic carbocycles. The van der Waals surface area contributed by atoms with Crippen molar-refractivity contribution in [2.45, 2.75) is 42.3 Å². The van der Waals surface area contributed by atoms with Gasteiger partial charge in [0.1, 0.15) is 23.8 Å². The zero-order valence-electron chi connectivity index (χ0n) is 21.6. The highest BCUT2D eigenvalue weighted by molar-refractivity contribution is 7.92. The van der Waals surface area contributed by atoms with Gasteiger partial charge in [0.15, 0.2) is 4.90 Å². The molecular formula is C26H27ClF5N5O2S. The molecule has 0 saturated carbocycles. The molecule has 3 aromatic rings. The summed E-state index contributed by atoms with van der Waals surface area (Å²) in [5, 5.41) is -0.0100. The van der Waals surface area contributed by atoms with Gasteiger partial charge in [0.2, 0.25) is 0 Å². The van der Waals surface area contributed by atoms with E-state index in [1.165, 1.54) is 18.3 Å². The lowest BCUT2D eigenvalue weighted by Gasteiger charge is -2.48. The molecule has 1 N–H and O–H groups in total. The Hall–Kier alpha value is -3.03. The lowest BCUT2D eigenvalue weighted by Crippen LogP contribution is -2.56. The number of anilines is 2. The Bertz CT molecular complexity index is 1450. The van der Waals surface area contributed by atoms with Gasteiger partial charge in [-0.1, -0.05) is 11.6 Å². The van der Waals surface area contributed by atoms with E-state index in [4.69, 9.17) is 11.6 Å². The van der Waals surface area contributed by atoms with Gasteiger partial charge in [0.05, 0.1) is 5.56 Å². The van der Waals surface area contributed by atoms with E-state index in [0.717, 1.165) is 30.6 Å². The highest BCUT2D eigenvalue weighted by Crippen LogP contribution is 2.37. The topological polar surface area (TPSA) is 78.4 Å². The molecule has 1 aliphatic heterocycles. The van der Waals surface area contributed by atoms with Crippen LogP contribution in [0.2, 0.25) is 5.02 Å². The third-order valence-electron chi connectivity index (χ3n) is 7.11. The average molecular weight is 604 g/mol. The molecule has 2 heterocycles. The summed E-state index contributed by atoms with van der Waals surface area (Å²) in [6, 6.07) is 6.64. The van der Waals surface area contributed by atoms with Crippen LogP contribution in [0.25, 0.3) is 0 Å². The van der Waals surface area contributed by atoms with Crippen LogP contribution in [0, 0.1) is 11.6 Å². The van der Waals surface area contributed by atoms with E-state index in [0.29, 0.717) is 44.3 Å². The number of halogens is 6. The van der Waals surface area contributed by atoms with Crippen molar-refractivity contribution in [3.63, 3.8) is 0 Å². The molecule has 216 valence electrons. The molecule has 40 heavy (non-hydrogen) atoms. The third-order valence-corrected chi connectivity index (χ3v) is 8.73. The van der Waals surface area contributed by atoms with E-state index in [2.05, 4.69) is 9.97 Å². The summed E-state index contributed by atoms with van der Waals surface area (Å²) in [6.07, 6.45) is -0.0841. The minimum atomic E-state index is -4.62. The van der Waals surface area contributed by atoms with Crippen molar-refractivity contribution in [2.75, 3.05) is 36.8 Å². The Balaban J connectivity index is 1.57. The number of hydrogen-bond donors (Lipinski definition) is 1. The molecule has 1 saturated heterocycles. The van der Waals surface area contributed by atoms with Crippen molar-refractivity contribution in [2.24, 2.45) is 0 Å². The number of rotatable bonds is 8. The van der Waals surface area contributed by atoms with Crippen molar-refractivity contribution in [1.82, 2.24) is 14.9 Å². The molecule has 14 heteroatoms. The standard InChI is InChI=1S/C26H27ClF5N5O2S/c1-36(2)25(7-4-17-10-18(26(30,31)32)12-19(27)11-17)6-3-9-37(15-25)20-13-21(28)24(22(29)14-20)40(38,39)35-23-5-8-33-16-34-23/h5,8,10-14,16H,3-4,6-7,9,15H2,1-2H3,(H,33,34,35)/t25-/m0/s1. The zero-order valence-corrected chi connectivity index (χ0v) is 23.2. The summed E-state index contributed by atoms with van der Waals surface area (Å²) in [5.41, 5.74) is -0.773. The first-order valence-electron chi connectivity index (χ1n) is 12.3. The Kier molecular flexibility index (Phi) is 8.57. The molecule has 1 fully saturated rings. The fraction of sp³-hybridized carbons (Fsp3) is 0.385. The summed E-state index contributed by atoms with van der Waals surface area (Å²) >= 11 is 5.95. The average Bonchev–Trinajstić information content (AvgIpc) is 2.86. The van der Waals surface area contributed by atoms with Crippen molar-refractivity contribution >= 4 is 33.1 Å². The second-order valence-electron chi connectivity index (χ2n) is 9.93. The first-order valence-corrected chi connectivity index (χ1v) is 14.1. The van der Waals surface area contributed by atoms with Crippen LogP contribution in [0.4, 0.5) is 33.5 Å². The van der Waals surface area contributed by atoms with E-state index in [1.54, 1.807) is 4.90 Å². The van der Waals surface area contributed by atoms with E-state index >= 15 is 8.78 Å². The first-order chi connectivity index (χ1) is 18.7. The minimum Gasteiger partial charge on any atom is -0.370 e. The Labute approximate surface area is 234 Å². The van der Waals surface area contributed by atoms with E-state index in [-0.39, 0.29) is 16.5 Å². The number of piperidine rings is 1. The third kappa shape index (κ3) is 6.64. The Morgan fingerprint density at radius 1 is 1.12 bits per heavy atom. The zero-order chi connectivity index (χ0) is 29.3. The number of alkyl halides is 3. The summed E-state index contributed by atoms with van der Waals surface area (Å²) in [5.74, 6) is -2.68. The molecular weight excluding hydrogens is 577 g/mol. The molecule has 0 spiro atoms. The van der Waals surface area contributed by atoms with Gasteiger partial charge in [-0.15, -0.1) is 0 Å². The molecule has 7 nitrogen and oxygen atoms in total. The number of likely N-dealkylation sites (N-methyl/N-ethyl adjacent to an activating group) is 1. The number of aryl methyl sites for hydroxylation is 1. The van der Waals surface area contributed by atoms with Crippen LogP contribution in [0.5, 0.6) is 0 Å². The molecule has 0 unspecified atom stereocenters. The Morgan fingerprint density at radius 2 is 1.82 bits per heavy atom. The van der Waals surface area contributed by atoms with Crippen LogP contribution in [0.15, 0.2) is 53.8 Å². The lowest BCUT2D eigenvalue weighted by molar-refractivity contribution is -0.137. The van der Waals surface area contributed by atoms with E-state index in [1.807, 2.05) is 23.7 Å². The van der Waals surface area contributed by atoms with Crippen LogP contribution in [-0.2, 0) is 22.6 Å². The second kappa shape index (κ2) is 11.5. The van der Waals surface area contributed by atoms with Gasteiger partial charge in [-0.25, -0.2) is 27.2 Å². The van der Waals surface area contributed by atoms with E-state index < -0.39 is 43.8 Å². The van der Waals surface area contributed by atoms with Gasteiger partial charge < -0.3 is 9.80 Å². The summed E-state index contributed by atoms with van der Waals surface area (Å²) in [6.45, 7) is 0.770. The van der Waals surface area contributed by atoms with Crippen LogP contribution in [0.3, 0.4) is 0 Å². The van der Waals surface area contributed by atoms with Gasteiger partial charge in [0.25, 0.3) is 10.0 Å². The molecule has 1 atom stereocenters. The largest absolute Gasteiger partial charge is 0.416 e. The van der Waals surface area contributed by atoms with Crippen molar-refractivity contribution < 1.29 is 30.4 Å². The van der Waals surface area contributed by atoms with Crippen LogP contribution in [0.1, 0.15) is 30.4 Å². The predicted octanol–water partition coefficient (Wildman–Crippen LogP) is 5.76. The van der Waals surface area contributed by atoms with Crippen LogP contribution >= 0.6 is 11.6 Å². The van der Waals surface area contributed by atoms with Gasteiger partial charge in [-0.3, -0.25) is 4.72 Å². The van der Waals surface area contributed by atoms with Gasteiger partial charge >= 0.3 is 6.18 Å². The molecule has 0 amide bonds. The first kappa shape index (κ1) is 29.9. The molecule has 1 aliphatic rings. The highest BCUT2D eigenvalue weighted by Gasteiger charge is 2.38. The minimum absolute atomic E-state index is 0.0100. The molecule has 4 rings (SSSR count). The normalized spacial score (nSPS) is 18.3. The summed E-state index contributed by atoms with van der Waals surface area (Å²) in [7, 11) is -0.932. The van der Waals surface area contributed by atoms with Gasteiger partial charge in [0, 0.05) is 35.5 Å². The number of benzene rings is 2.